The normalized spacial score (nSPS) is 16.6. The lowest BCUT2D eigenvalue weighted by atomic mass is 10.0. The van der Waals surface area contributed by atoms with Crippen LogP contribution in [0.2, 0.25) is 5.02 Å². The van der Waals surface area contributed by atoms with E-state index < -0.39 is 16.1 Å². The number of carbonyl (C=O) groups is 1. The number of piperidine rings is 1. The minimum Gasteiger partial charge on any atom is -0.496 e. The lowest BCUT2D eigenvalue weighted by Crippen LogP contribution is -2.50. The Morgan fingerprint density at radius 3 is 2.45 bits per heavy atom. The number of amides is 1. The Labute approximate surface area is 188 Å². The van der Waals surface area contributed by atoms with Crippen LogP contribution in [0.5, 0.6) is 5.75 Å². The monoisotopic (exact) mass is 465 g/mol. The van der Waals surface area contributed by atoms with E-state index in [1.165, 1.54) is 24.3 Å². The van der Waals surface area contributed by atoms with Crippen molar-refractivity contribution in [3.63, 3.8) is 0 Å². The summed E-state index contributed by atoms with van der Waals surface area (Å²) in [5, 5.41) is 3.42. The molecule has 0 spiro atoms. The van der Waals surface area contributed by atoms with Crippen LogP contribution >= 0.6 is 11.6 Å². The number of hydrogen-bond acceptors (Lipinski definition) is 5. The van der Waals surface area contributed by atoms with Crippen LogP contribution in [-0.4, -0.2) is 51.5 Å². The standard InChI is InChI=1S/C22H28ClN3O4S/c1-16(25-31(28,29)20-9-7-18(23)8-10-20)22(27)24-19-11-13-26(14-12-19)15-17-5-3-4-6-21(17)30-2/h3-10,16,19,25H,11-15H2,1-2H3,(H,24,27)/t16-/m0/s1. The average molecular weight is 466 g/mol. The predicted octanol–water partition coefficient (Wildman–Crippen LogP) is 2.80. The molecule has 2 aromatic carbocycles. The van der Waals surface area contributed by atoms with Crippen LogP contribution in [0.3, 0.4) is 0 Å². The van der Waals surface area contributed by atoms with Gasteiger partial charge in [0, 0.05) is 36.3 Å². The Hall–Kier alpha value is -2.13. The number of benzene rings is 2. The van der Waals surface area contributed by atoms with E-state index in [1.807, 2.05) is 18.2 Å². The predicted molar refractivity (Wildman–Crippen MR) is 121 cm³/mol. The molecule has 2 aromatic rings. The van der Waals surface area contributed by atoms with E-state index >= 15 is 0 Å². The maximum Gasteiger partial charge on any atom is 0.241 e. The van der Waals surface area contributed by atoms with E-state index in [1.54, 1.807) is 14.0 Å². The molecule has 0 radical (unpaired) electrons. The molecule has 1 aliphatic heterocycles. The second kappa shape index (κ2) is 10.5. The van der Waals surface area contributed by atoms with Crippen molar-refractivity contribution >= 4 is 27.5 Å². The van der Waals surface area contributed by atoms with E-state index in [2.05, 4.69) is 21.0 Å². The van der Waals surface area contributed by atoms with Gasteiger partial charge in [0.25, 0.3) is 0 Å². The van der Waals surface area contributed by atoms with Crippen molar-refractivity contribution < 1.29 is 17.9 Å². The maximum absolute atomic E-state index is 12.5. The minimum absolute atomic E-state index is 0.0175. The van der Waals surface area contributed by atoms with Gasteiger partial charge in [0.05, 0.1) is 18.0 Å². The van der Waals surface area contributed by atoms with E-state index in [9.17, 15) is 13.2 Å². The van der Waals surface area contributed by atoms with Crippen molar-refractivity contribution in [1.82, 2.24) is 14.9 Å². The molecule has 9 heteroatoms. The van der Waals surface area contributed by atoms with Gasteiger partial charge in [-0.2, -0.15) is 4.72 Å². The van der Waals surface area contributed by atoms with Crippen molar-refractivity contribution in [1.29, 1.82) is 0 Å². The molecule has 1 fully saturated rings. The van der Waals surface area contributed by atoms with E-state index in [-0.39, 0.29) is 16.8 Å². The van der Waals surface area contributed by atoms with Crippen molar-refractivity contribution in [2.24, 2.45) is 0 Å². The van der Waals surface area contributed by atoms with Crippen molar-refractivity contribution in [2.75, 3.05) is 20.2 Å². The Morgan fingerprint density at radius 2 is 1.81 bits per heavy atom. The summed E-state index contributed by atoms with van der Waals surface area (Å²) in [6.07, 6.45) is 1.61. The second-order valence-electron chi connectivity index (χ2n) is 7.67. The van der Waals surface area contributed by atoms with Gasteiger partial charge in [-0.3, -0.25) is 9.69 Å². The van der Waals surface area contributed by atoms with Crippen LogP contribution in [0.15, 0.2) is 53.4 Å². The second-order valence-corrected chi connectivity index (χ2v) is 9.82. The first kappa shape index (κ1) is 23.5. The number of rotatable bonds is 8. The van der Waals surface area contributed by atoms with Gasteiger partial charge in [-0.25, -0.2) is 8.42 Å². The van der Waals surface area contributed by atoms with Crippen molar-refractivity contribution in [2.45, 2.75) is 43.3 Å². The third kappa shape index (κ3) is 6.43. The molecule has 0 bridgehead atoms. The molecule has 1 atom stereocenters. The van der Waals surface area contributed by atoms with Crippen LogP contribution in [-0.2, 0) is 21.4 Å². The molecule has 1 aliphatic rings. The average Bonchev–Trinajstić information content (AvgIpc) is 2.75. The minimum atomic E-state index is -3.80. The van der Waals surface area contributed by atoms with Crippen LogP contribution in [0.1, 0.15) is 25.3 Å². The lowest BCUT2D eigenvalue weighted by Gasteiger charge is -2.33. The molecule has 0 aliphatic carbocycles. The summed E-state index contributed by atoms with van der Waals surface area (Å²) in [6.45, 7) is 4.02. The van der Waals surface area contributed by atoms with Crippen LogP contribution in [0, 0.1) is 0 Å². The number of nitrogens with one attached hydrogen (secondary N) is 2. The number of ether oxygens (including phenoxy) is 1. The van der Waals surface area contributed by atoms with E-state index in [4.69, 9.17) is 16.3 Å². The molecular formula is C22H28ClN3O4S. The molecule has 1 heterocycles. The topological polar surface area (TPSA) is 87.7 Å². The smallest absolute Gasteiger partial charge is 0.241 e. The third-order valence-electron chi connectivity index (χ3n) is 5.37. The summed E-state index contributed by atoms with van der Waals surface area (Å²) in [5.41, 5.74) is 1.14. The summed E-state index contributed by atoms with van der Waals surface area (Å²) in [4.78, 5) is 14.9. The lowest BCUT2D eigenvalue weighted by molar-refractivity contribution is -0.123. The van der Waals surface area contributed by atoms with Crippen LogP contribution in [0.4, 0.5) is 0 Å². The molecule has 7 nitrogen and oxygen atoms in total. The number of halogens is 1. The van der Waals surface area contributed by atoms with Gasteiger partial charge < -0.3 is 10.1 Å². The van der Waals surface area contributed by atoms with Crippen LogP contribution in [0.25, 0.3) is 0 Å². The quantitative estimate of drug-likeness (QED) is 0.626. The molecule has 168 valence electrons. The zero-order chi connectivity index (χ0) is 22.4. The summed E-state index contributed by atoms with van der Waals surface area (Å²) < 4.78 is 32.8. The van der Waals surface area contributed by atoms with Gasteiger partial charge in [-0.1, -0.05) is 29.8 Å². The fourth-order valence-corrected chi connectivity index (χ4v) is 4.93. The summed E-state index contributed by atoms with van der Waals surface area (Å²) in [5.74, 6) is 0.542. The van der Waals surface area contributed by atoms with Gasteiger partial charge in [0.2, 0.25) is 15.9 Å². The SMILES string of the molecule is COc1ccccc1CN1CCC(NC(=O)[C@H](C)NS(=O)(=O)c2ccc(Cl)cc2)CC1. The number of methoxy groups -OCH3 is 1. The molecule has 0 aromatic heterocycles. The highest BCUT2D eigenvalue weighted by atomic mass is 35.5. The third-order valence-corrected chi connectivity index (χ3v) is 7.18. The number of hydrogen-bond donors (Lipinski definition) is 2. The van der Waals surface area contributed by atoms with Gasteiger partial charge in [0.15, 0.2) is 0 Å². The van der Waals surface area contributed by atoms with Crippen LogP contribution < -0.4 is 14.8 Å². The molecule has 0 saturated carbocycles. The fourth-order valence-electron chi connectivity index (χ4n) is 3.60. The Morgan fingerprint density at radius 1 is 1.16 bits per heavy atom. The van der Waals surface area contributed by atoms with Gasteiger partial charge in [-0.15, -0.1) is 0 Å². The highest BCUT2D eigenvalue weighted by Crippen LogP contribution is 2.21. The molecule has 0 unspecified atom stereocenters. The highest BCUT2D eigenvalue weighted by molar-refractivity contribution is 7.89. The zero-order valence-electron chi connectivity index (χ0n) is 17.7. The summed E-state index contributed by atoms with van der Waals surface area (Å²) in [7, 11) is -2.13. The molecule has 31 heavy (non-hydrogen) atoms. The first-order valence-electron chi connectivity index (χ1n) is 10.2. The zero-order valence-corrected chi connectivity index (χ0v) is 19.2. The van der Waals surface area contributed by atoms with E-state index in [0.717, 1.165) is 43.8 Å². The Kier molecular flexibility index (Phi) is 7.94. The first-order chi connectivity index (χ1) is 14.8. The van der Waals surface area contributed by atoms with Crippen molar-refractivity contribution in [3.8, 4) is 5.75 Å². The molecular weight excluding hydrogens is 438 g/mol. The number of carbonyl (C=O) groups excluding carboxylic acids is 1. The maximum atomic E-state index is 12.5. The largest absolute Gasteiger partial charge is 0.496 e. The Balaban J connectivity index is 1.48. The number of sulfonamides is 1. The summed E-state index contributed by atoms with van der Waals surface area (Å²) >= 11 is 5.81. The molecule has 1 amide bonds. The van der Waals surface area contributed by atoms with Gasteiger partial charge >= 0.3 is 0 Å². The van der Waals surface area contributed by atoms with Gasteiger partial charge in [0.1, 0.15) is 5.75 Å². The Bertz CT molecular complexity index is 990. The van der Waals surface area contributed by atoms with Crippen molar-refractivity contribution in [3.05, 3.63) is 59.1 Å². The van der Waals surface area contributed by atoms with E-state index in [0.29, 0.717) is 5.02 Å². The number of para-hydroxylation sites is 1. The first-order valence-corrected chi connectivity index (χ1v) is 12.1. The molecule has 1 saturated heterocycles. The molecule has 3 rings (SSSR count). The number of nitrogens with zero attached hydrogens (tertiary/aromatic N) is 1. The highest BCUT2D eigenvalue weighted by Gasteiger charge is 2.26. The summed E-state index contributed by atoms with van der Waals surface area (Å²) in [6, 6.07) is 12.9. The number of likely N-dealkylation sites (tertiary alicyclic amines) is 1. The van der Waals surface area contributed by atoms with Gasteiger partial charge in [-0.05, 0) is 50.1 Å². The molecule has 2 N–H and O–H groups in total. The fraction of sp³-hybridized carbons (Fsp3) is 0.409.